The van der Waals surface area contributed by atoms with Gasteiger partial charge in [0, 0.05) is 37.5 Å². The third-order valence-corrected chi connectivity index (χ3v) is 5.17. The second-order valence-corrected chi connectivity index (χ2v) is 6.99. The van der Waals surface area contributed by atoms with E-state index in [0.717, 1.165) is 42.8 Å². The topological polar surface area (TPSA) is 53.4 Å². The average Bonchev–Trinajstić information content (AvgIpc) is 3.21. The van der Waals surface area contributed by atoms with Crippen molar-refractivity contribution in [2.45, 2.75) is 38.9 Å². The van der Waals surface area contributed by atoms with Crippen molar-refractivity contribution >= 4 is 16.8 Å². The fourth-order valence-electron chi connectivity index (χ4n) is 3.57. The molecule has 25 heavy (non-hydrogen) atoms. The number of hydrogen-bond acceptors (Lipinski definition) is 4. The quantitative estimate of drug-likeness (QED) is 0.831. The van der Waals surface area contributed by atoms with Gasteiger partial charge >= 0.3 is 0 Å². The fraction of sp³-hybridized carbons (Fsp3) is 0.579. The molecule has 3 rings (SSSR count). The lowest BCUT2D eigenvalue weighted by Gasteiger charge is -2.23. The van der Waals surface area contributed by atoms with E-state index in [-0.39, 0.29) is 5.91 Å². The van der Waals surface area contributed by atoms with Crippen molar-refractivity contribution in [3.8, 4) is 0 Å². The summed E-state index contributed by atoms with van der Waals surface area (Å²) < 4.78 is 1.99. The molecule has 1 aliphatic rings. The van der Waals surface area contributed by atoms with Gasteiger partial charge in [0.05, 0.1) is 17.8 Å². The summed E-state index contributed by atoms with van der Waals surface area (Å²) in [5.41, 5.74) is 2.07. The molecule has 2 aromatic rings. The first kappa shape index (κ1) is 17.9. The molecule has 1 aromatic heterocycles. The Bertz CT molecular complexity index is 726. The van der Waals surface area contributed by atoms with Crippen molar-refractivity contribution in [3.05, 3.63) is 30.0 Å². The summed E-state index contributed by atoms with van der Waals surface area (Å²) >= 11 is 0. The van der Waals surface area contributed by atoms with E-state index < -0.39 is 0 Å². The van der Waals surface area contributed by atoms with Gasteiger partial charge in [-0.25, -0.2) is 0 Å². The molecule has 1 fully saturated rings. The van der Waals surface area contributed by atoms with E-state index in [2.05, 4.69) is 53.4 Å². The molecule has 0 spiro atoms. The highest BCUT2D eigenvalue weighted by atomic mass is 16.1. The first-order valence-electron chi connectivity index (χ1n) is 9.18. The van der Waals surface area contributed by atoms with E-state index in [1.807, 2.05) is 16.8 Å². The van der Waals surface area contributed by atoms with Crippen LogP contribution < -0.4 is 5.32 Å². The zero-order valence-corrected chi connectivity index (χ0v) is 15.5. The first-order valence-corrected chi connectivity index (χ1v) is 9.18. The Morgan fingerprint density at radius 2 is 2.20 bits per heavy atom. The van der Waals surface area contributed by atoms with Gasteiger partial charge < -0.3 is 15.1 Å². The summed E-state index contributed by atoms with van der Waals surface area (Å²) in [5.74, 6) is 0.0910. The SMILES string of the molecule is CCn1nc(CNC(=O)CCN(C)C2CCN(C)C2)c2ccccc21. The van der Waals surface area contributed by atoms with Crippen molar-refractivity contribution in [3.63, 3.8) is 0 Å². The third kappa shape index (κ3) is 4.19. The van der Waals surface area contributed by atoms with Crippen molar-refractivity contribution in [2.75, 3.05) is 33.7 Å². The van der Waals surface area contributed by atoms with Gasteiger partial charge in [0.15, 0.2) is 0 Å². The van der Waals surface area contributed by atoms with Crippen LogP contribution in [0.2, 0.25) is 0 Å². The maximum Gasteiger partial charge on any atom is 0.221 e. The van der Waals surface area contributed by atoms with Crippen molar-refractivity contribution < 1.29 is 4.79 Å². The Hall–Kier alpha value is -1.92. The normalized spacial score (nSPS) is 18.3. The van der Waals surface area contributed by atoms with Gasteiger partial charge in [-0.15, -0.1) is 0 Å². The van der Waals surface area contributed by atoms with Gasteiger partial charge in [-0.1, -0.05) is 18.2 Å². The average molecular weight is 343 g/mol. The number of nitrogens with one attached hydrogen (secondary N) is 1. The van der Waals surface area contributed by atoms with Gasteiger partial charge in [0.25, 0.3) is 0 Å². The fourth-order valence-corrected chi connectivity index (χ4v) is 3.57. The Kier molecular flexibility index (Phi) is 5.71. The number of nitrogens with zero attached hydrogens (tertiary/aromatic N) is 4. The summed E-state index contributed by atoms with van der Waals surface area (Å²) in [4.78, 5) is 16.9. The minimum absolute atomic E-state index is 0.0910. The first-order chi connectivity index (χ1) is 12.1. The van der Waals surface area contributed by atoms with Crippen LogP contribution in [-0.4, -0.2) is 65.3 Å². The number of likely N-dealkylation sites (N-methyl/N-ethyl adjacent to an activating group) is 2. The number of benzene rings is 1. The highest BCUT2D eigenvalue weighted by Gasteiger charge is 2.23. The number of likely N-dealkylation sites (tertiary alicyclic amines) is 1. The molecule has 1 N–H and O–H groups in total. The number of para-hydroxylation sites is 1. The molecule has 0 saturated carbocycles. The minimum Gasteiger partial charge on any atom is -0.350 e. The summed E-state index contributed by atoms with van der Waals surface area (Å²) in [6, 6.07) is 8.75. The number of carbonyl (C=O) groups is 1. The van der Waals surface area contributed by atoms with Crippen LogP contribution in [0.4, 0.5) is 0 Å². The number of hydrogen-bond donors (Lipinski definition) is 1. The van der Waals surface area contributed by atoms with Crippen molar-refractivity contribution in [1.29, 1.82) is 0 Å². The lowest BCUT2D eigenvalue weighted by molar-refractivity contribution is -0.121. The smallest absolute Gasteiger partial charge is 0.221 e. The van der Waals surface area contributed by atoms with Crippen LogP contribution in [0.15, 0.2) is 24.3 Å². The lowest BCUT2D eigenvalue weighted by atomic mass is 10.2. The molecule has 6 heteroatoms. The predicted octanol–water partition coefficient (Wildman–Crippen LogP) is 1.70. The van der Waals surface area contributed by atoms with Gasteiger partial charge in [0.2, 0.25) is 5.91 Å². The summed E-state index contributed by atoms with van der Waals surface area (Å²) in [6.45, 7) is 6.44. The molecule has 136 valence electrons. The van der Waals surface area contributed by atoms with Crippen LogP contribution in [-0.2, 0) is 17.9 Å². The predicted molar refractivity (Wildman–Crippen MR) is 100 cm³/mol. The van der Waals surface area contributed by atoms with E-state index in [0.29, 0.717) is 19.0 Å². The van der Waals surface area contributed by atoms with Crippen molar-refractivity contribution in [2.24, 2.45) is 0 Å². The monoisotopic (exact) mass is 343 g/mol. The number of carbonyl (C=O) groups excluding carboxylic acids is 1. The largest absolute Gasteiger partial charge is 0.350 e. The van der Waals surface area contributed by atoms with Crippen molar-refractivity contribution in [1.82, 2.24) is 24.9 Å². The molecule has 2 heterocycles. The van der Waals surface area contributed by atoms with Crippen LogP contribution in [0.1, 0.15) is 25.5 Å². The number of aryl methyl sites for hydroxylation is 1. The lowest BCUT2D eigenvalue weighted by Crippen LogP contribution is -2.36. The second kappa shape index (κ2) is 7.97. The van der Waals surface area contributed by atoms with Gasteiger partial charge in [-0.2, -0.15) is 5.10 Å². The van der Waals surface area contributed by atoms with Crippen LogP contribution in [0, 0.1) is 0 Å². The number of rotatable bonds is 7. The Labute approximate surface area is 149 Å². The van der Waals surface area contributed by atoms with Gasteiger partial charge in [0.1, 0.15) is 0 Å². The maximum absolute atomic E-state index is 12.2. The Balaban J connectivity index is 1.51. The number of aromatic nitrogens is 2. The number of fused-ring (bicyclic) bond motifs is 1. The standard InChI is InChI=1S/C19H29N5O/c1-4-24-18-8-6-5-7-16(18)17(21-24)13-20-19(25)10-12-23(3)15-9-11-22(2)14-15/h5-8,15H,4,9-14H2,1-3H3,(H,20,25). The molecule has 0 bridgehead atoms. The van der Waals surface area contributed by atoms with Crippen LogP contribution in [0.3, 0.4) is 0 Å². The van der Waals surface area contributed by atoms with Crippen LogP contribution in [0.5, 0.6) is 0 Å². The minimum atomic E-state index is 0.0910. The Morgan fingerprint density at radius 1 is 1.40 bits per heavy atom. The van der Waals surface area contributed by atoms with Crippen LogP contribution >= 0.6 is 0 Å². The molecular weight excluding hydrogens is 314 g/mol. The van der Waals surface area contributed by atoms with E-state index in [4.69, 9.17) is 0 Å². The second-order valence-electron chi connectivity index (χ2n) is 6.99. The van der Waals surface area contributed by atoms with Gasteiger partial charge in [-0.3, -0.25) is 9.48 Å². The molecule has 6 nitrogen and oxygen atoms in total. The molecule has 1 saturated heterocycles. The molecule has 1 atom stereocenters. The number of amides is 1. The summed E-state index contributed by atoms with van der Waals surface area (Å²) in [6.07, 6.45) is 1.72. The molecule has 0 aliphatic carbocycles. The molecular formula is C19H29N5O. The molecule has 1 aliphatic heterocycles. The Morgan fingerprint density at radius 3 is 2.92 bits per heavy atom. The summed E-state index contributed by atoms with van der Waals surface area (Å²) in [5, 5.41) is 8.78. The third-order valence-electron chi connectivity index (χ3n) is 5.17. The molecule has 1 unspecified atom stereocenters. The molecule has 0 radical (unpaired) electrons. The van der Waals surface area contributed by atoms with E-state index in [9.17, 15) is 4.79 Å². The van der Waals surface area contributed by atoms with E-state index in [1.165, 1.54) is 6.42 Å². The summed E-state index contributed by atoms with van der Waals surface area (Å²) in [7, 11) is 4.27. The zero-order valence-electron chi connectivity index (χ0n) is 15.5. The van der Waals surface area contributed by atoms with E-state index in [1.54, 1.807) is 0 Å². The maximum atomic E-state index is 12.2. The molecule has 1 aromatic carbocycles. The molecule has 1 amide bonds. The highest BCUT2D eigenvalue weighted by molar-refractivity contribution is 5.83. The zero-order chi connectivity index (χ0) is 17.8. The van der Waals surface area contributed by atoms with Crippen LogP contribution in [0.25, 0.3) is 10.9 Å². The van der Waals surface area contributed by atoms with Gasteiger partial charge in [-0.05, 0) is 40.1 Å². The van der Waals surface area contributed by atoms with E-state index >= 15 is 0 Å². The highest BCUT2D eigenvalue weighted by Crippen LogP contribution is 2.18.